The molecule has 0 aliphatic carbocycles. The second-order valence-corrected chi connectivity index (χ2v) is 8.47. The first-order valence-corrected chi connectivity index (χ1v) is 11.6. The molecular weight excluding hydrogens is 463 g/mol. The third-order valence-corrected chi connectivity index (χ3v) is 6.21. The predicted molar refractivity (Wildman–Crippen MR) is 130 cm³/mol. The van der Waals surface area contributed by atoms with Crippen molar-refractivity contribution in [2.24, 2.45) is 0 Å². The summed E-state index contributed by atoms with van der Waals surface area (Å²) in [6, 6.07) is 11.2. The molecule has 0 atom stereocenters. The van der Waals surface area contributed by atoms with Gasteiger partial charge < -0.3 is 19.9 Å². The highest BCUT2D eigenvalue weighted by molar-refractivity contribution is 6.36. The van der Waals surface area contributed by atoms with Gasteiger partial charge in [-0.1, -0.05) is 29.3 Å². The molecule has 2 aromatic carbocycles. The second kappa shape index (κ2) is 10.3. The second-order valence-electron chi connectivity index (χ2n) is 7.65. The van der Waals surface area contributed by atoms with Gasteiger partial charge in [-0.3, -0.25) is 0 Å². The summed E-state index contributed by atoms with van der Waals surface area (Å²) in [6.07, 6.45) is 1.68. The molecule has 174 valence electrons. The number of carbonyl (C=O) groups excluding carboxylic acids is 1. The molecule has 1 fully saturated rings. The molecule has 2 amide bonds. The van der Waals surface area contributed by atoms with E-state index in [1.54, 1.807) is 34.1 Å². The molecule has 1 aliphatic rings. The van der Waals surface area contributed by atoms with Crippen LogP contribution in [0.25, 0.3) is 5.69 Å². The van der Waals surface area contributed by atoms with Crippen LogP contribution >= 0.6 is 23.2 Å². The van der Waals surface area contributed by atoms with Crippen molar-refractivity contribution < 1.29 is 9.53 Å². The molecule has 0 radical (unpaired) electrons. The molecule has 0 spiro atoms. The van der Waals surface area contributed by atoms with Crippen LogP contribution in [0, 0.1) is 6.92 Å². The van der Waals surface area contributed by atoms with E-state index in [1.807, 2.05) is 32.0 Å². The molecule has 1 aliphatic heterocycles. The number of nitrogens with zero attached hydrogens (tertiary/aromatic N) is 5. The molecule has 4 rings (SSSR count). The Morgan fingerprint density at radius 2 is 1.85 bits per heavy atom. The first-order chi connectivity index (χ1) is 16.0. The molecular formula is C23H26Cl2N6O2. The molecule has 1 N–H and O–H groups in total. The number of aromatic nitrogens is 3. The van der Waals surface area contributed by atoms with E-state index >= 15 is 0 Å². The zero-order chi connectivity index (χ0) is 23.4. The van der Waals surface area contributed by atoms with Crippen LogP contribution in [0.1, 0.15) is 18.3 Å². The van der Waals surface area contributed by atoms with Crippen molar-refractivity contribution in [2.75, 3.05) is 37.7 Å². The number of hydrogen-bond acceptors (Lipinski definition) is 5. The van der Waals surface area contributed by atoms with Crippen molar-refractivity contribution in [2.45, 2.75) is 20.4 Å². The van der Waals surface area contributed by atoms with Crippen LogP contribution in [0.5, 0.6) is 5.75 Å². The molecule has 2 heterocycles. The van der Waals surface area contributed by atoms with Crippen molar-refractivity contribution in [1.29, 1.82) is 0 Å². The summed E-state index contributed by atoms with van der Waals surface area (Å²) in [5.74, 6) is 1.45. The van der Waals surface area contributed by atoms with E-state index in [-0.39, 0.29) is 6.03 Å². The van der Waals surface area contributed by atoms with E-state index in [9.17, 15) is 4.79 Å². The summed E-state index contributed by atoms with van der Waals surface area (Å²) in [4.78, 5) is 20.9. The van der Waals surface area contributed by atoms with Crippen molar-refractivity contribution in [3.63, 3.8) is 0 Å². The highest BCUT2D eigenvalue weighted by Crippen LogP contribution is 2.29. The number of halogens is 2. The zero-order valence-electron chi connectivity index (χ0n) is 18.6. The normalized spacial score (nSPS) is 13.8. The summed E-state index contributed by atoms with van der Waals surface area (Å²) in [5.41, 5.74) is 2.61. The van der Waals surface area contributed by atoms with Gasteiger partial charge in [0.2, 0.25) is 0 Å². The quantitative estimate of drug-likeness (QED) is 0.559. The fraction of sp³-hybridized carbons (Fsp3) is 0.348. The number of anilines is 1. The van der Waals surface area contributed by atoms with Crippen molar-refractivity contribution in [3.05, 3.63) is 64.2 Å². The van der Waals surface area contributed by atoms with Crippen LogP contribution in [-0.2, 0) is 6.54 Å². The van der Waals surface area contributed by atoms with E-state index in [0.717, 1.165) is 22.7 Å². The minimum absolute atomic E-state index is 0.127. The van der Waals surface area contributed by atoms with Gasteiger partial charge in [0.1, 0.15) is 23.6 Å². The highest BCUT2D eigenvalue weighted by Gasteiger charge is 2.22. The Kier molecular flexibility index (Phi) is 7.25. The molecule has 1 aromatic heterocycles. The Balaban J connectivity index is 1.38. The van der Waals surface area contributed by atoms with Crippen molar-refractivity contribution >= 4 is 34.9 Å². The molecule has 10 heteroatoms. The number of benzene rings is 2. The lowest BCUT2D eigenvalue weighted by Crippen LogP contribution is -2.51. The van der Waals surface area contributed by atoms with E-state index in [4.69, 9.17) is 27.9 Å². The summed E-state index contributed by atoms with van der Waals surface area (Å²) in [6.45, 7) is 7.29. The van der Waals surface area contributed by atoms with Gasteiger partial charge in [-0.2, -0.15) is 5.10 Å². The number of piperazine rings is 1. The summed E-state index contributed by atoms with van der Waals surface area (Å²) >= 11 is 12.4. The van der Waals surface area contributed by atoms with Gasteiger partial charge in [0.05, 0.1) is 6.61 Å². The smallest absolute Gasteiger partial charge is 0.317 e. The van der Waals surface area contributed by atoms with Crippen molar-refractivity contribution in [1.82, 2.24) is 25.0 Å². The average molecular weight is 489 g/mol. The topological polar surface area (TPSA) is 75.5 Å². The monoisotopic (exact) mass is 488 g/mol. The van der Waals surface area contributed by atoms with Gasteiger partial charge in [-0.25, -0.2) is 14.5 Å². The van der Waals surface area contributed by atoms with Crippen LogP contribution in [0.3, 0.4) is 0 Å². The third kappa shape index (κ3) is 5.34. The fourth-order valence-electron chi connectivity index (χ4n) is 3.77. The van der Waals surface area contributed by atoms with Crippen LogP contribution in [0.15, 0.2) is 42.7 Å². The number of nitrogens with one attached hydrogen (secondary N) is 1. The van der Waals surface area contributed by atoms with Gasteiger partial charge >= 0.3 is 6.03 Å². The number of ether oxygens (including phenoxy) is 1. The lowest BCUT2D eigenvalue weighted by molar-refractivity contribution is 0.194. The van der Waals surface area contributed by atoms with E-state index in [0.29, 0.717) is 55.2 Å². The number of urea groups is 1. The Morgan fingerprint density at radius 3 is 2.48 bits per heavy atom. The Labute approximate surface area is 203 Å². The van der Waals surface area contributed by atoms with Gasteiger partial charge in [0, 0.05) is 60.1 Å². The number of aryl methyl sites for hydroxylation is 1. The molecule has 0 unspecified atom stereocenters. The minimum atomic E-state index is -0.127. The predicted octanol–water partition coefficient (Wildman–Crippen LogP) is 4.31. The van der Waals surface area contributed by atoms with Crippen LogP contribution in [0.4, 0.5) is 10.5 Å². The van der Waals surface area contributed by atoms with Gasteiger partial charge in [-0.15, -0.1) is 0 Å². The Bertz CT molecular complexity index is 1110. The maximum absolute atomic E-state index is 12.7. The third-order valence-electron chi connectivity index (χ3n) is 5.51. The summed E-state index contributed by atoms with van der Waals surface area (Å²) in [5, 5.41) is 8.40. The van der Waals surface area contributed by atoms with Crippen molar-refractivity contribution in [3.8, 4) is 11.4 Å². The molecule has 0 bridgehead atoms. The molecule has 33 heavy (non-hydrogen) atoms. The molecule has 1 saturated heterocycles. The first kappa shape index (κ1) is 23.2. The zero-order valence-corrected chi connectivity index (χ0v) is 20.1. The SMILES string of the molecule is CCOc1cc(N2CCN(C(=O)NCc3c(Cl)cccc3Cl)CC2)ccc1-n1cnc(C)n1. The van der Waals surface area contributed by atoms with E-state index in [1.165, 1.54) is 0 Å². The maximum Gasteiger partial charge on any atom is 0.317 e. The summed E-state index contributed by atoms with van der Waals surface area (Å²) in [7, 11) is 0. The largest absolute Gasteiger partial charge is 0.492 e. The number of hydrogen-bond donors (Lipinski definition) is 1. The maximum atomic E-state index is 12.7. The summed E-state index contributed by atoms with van der Waals surface area (Å²) < 4.78 is 7.59. The minimum Gasteiger partial charge on any atom is -0.492 e. The molecule has 8 nitrogen and oxygen atoms in total. The first-order valence-electron chi connectivity index (χ1n) is 10.8. The number of carbonyl (C=O) groups is 1. The Hall–Kier alpha value is -2.97. The highest BCUT2D eigenvalue weighted by atomic mass is 35.5. The lowest BCUT2D eigenvalue weighted by Gasteiger charge is -2.36. The van der Waals surface area contributed by atoms with E-state index in [2.05, 4.69) is 20.3 Å². The van der Waals surface area contributed by atoms with Crippen LogP contribution in [0.2, 0.25) is 10.0 Å². The van der Waals surface area contributed by atoms with Gasteiger partial charge in [0.15, 0.2) is 0 Å². The number of rotatable bonds is 6. The number of amides is 2. The van der Waals surface area contributed by atoms with Gasteiger partial charge in [0.25, 0.3) is 0 Å². The molecule has 0 saturated carbocycles. The van der Waals surface area contributed by atoms with Crippen LogP contribution < -0.4 is 15.0 Å². The average Bonchev–Trinajstić information content (AvgIpc) is 3.25. The van der Waals surface area contributed by atoms with E-state index < -0.39 is 0 Å². The fourth-order valence-corrected chi connectivity index (χ4v) is 4.30. The van der Waals surface area contributed by atoms with Crippen LogP contribution in [-0.4, -0.2) is 58.5 Å². The van der Waals surface area contributed by atoms with Gasteiger partial charge in [-0.05, 0) is 38.1 Å². The Morgan fingerprint density at radius 1 is 1.12 bits per heavy atom. The lowest BCUT2D eigenvalue weighted by atomic mass is 10.2. The molecule has 3 aromatic rings. The standard InChI is InChI=1S/C23H26Cl2N6O2/c1-3-33-22-13-17(7-8-21(22)31-15-27-16(2)28-31)29-9-11-30(12-10-29)23(32)26-14-18-19(24)5-4-6-20(18)25/h4-8,13,15H,3,9-12,14H2,1-2H3,(H,26,32).